The molecule has 0 radical (unpaired) electrons. The molecule has 0 bridgehead atoms. The van der Waals surface area contributed by atoms with Gasteiger partial charge in [0.2, 0.25) is 0 Å². The molecule has 1 fully saturated rings. The Bertz CT molecular complexity index is 550. The van der Waals surface area contributed by atoms with E-state index >= 15 is 0 Å². The first-order chi connectivity index (χ1) is 9.77. The summed E-state index contributed by atoms with van der Waals surface area (Å²) < 4.78 is 5.08. The zero-order valence-corrected chi connectivity index (χ0v) is 11.2. The number of ether oxygens (including phenoxy) is 1. The van der Waals surface area contributed by atoms with Gasteiger partial charge < -0.3 is 4.74 Å². The Hall–Kier alpha value is -2.10. The summed E-state index contributed by atoms with van der Waals surface area (Å²) in [5.41, 5.74) is 1.68. The number of rotatable bonds is 2. The first-order valence-electron chi connectivity index (χ1n) is 7.01. The summed E-state index contributed by atoms with van der Waals surface area (Å²) in [5.74, 6) is -0.193. The molecule has 3 rings (SSSR count). The molecule has 1 heterocycles. The van der Waals surface area contributed by atoms with Gasteiger partial charge in [-0.1, -0.05) is 36.4 Å². The molecule has 1 aliphatic heterocycles. The SMILES string of the molecule is O=C1OC[C@@H](c2ccccc2)N1C(=O)C1=CCCCC1. The van der Waals surface area contributed by atoms with Crippen LogP contribution in [0, 0.1) is 0 Å². The van der Waals surface area contributed by atoms with Crippen LogP contribution in [0.1, 0.15) is 37.3 Å². The van der Waals surface area contributed by atoms with Crippen molar-refractivity contribution in [2.75, 3.05) is 6.61 Å². The molecular weight excluding hydrogens is 254 g/mol. The van der Waals surface area contributed by atoms with Crippen LogP contribution in [0.25, 0.3) is 0 Å². The Morgan fingerprint density at radius 2 is 2.00 bits per heavy atom. The summed E-state index contributed by atoms with van der Waals surface area (Å²) in [6, 6.07) is 9.25. The van der Waals surface area contributed by atoms with Crippen LogP contribution in [0.3, 0.4) is 0 Å². The van der Waals surface area contributed by atoms with Crippen molar-refractivity contribution in [3.63, 3.8) is 0 Å². The Morgan fingerprint density at radius 1 is 1.20 bits per heavy atom. The molecule has 0 spiro atoms. The number of amides is 2. The fraction of sp³-hybridized carbons (Fsp3) is 0.375. The largest absolute Gasteiger partial charge is 0.446 e. The number of allylic oxidation sites excluding steroid dienone is 1. The van der Waals surface area contributed by atoms with E-state index in [2.05, 4.69) is 0 Å². The van der Waals surface area contributed by atoms with Crippen molar-refractivity contribution in [3.8, 4) is 0 Å². The van der Waals surface area contributed by atoms with Gasteiger partial charge in [-0.2, -0.15) is 0 Å². The van der Waals surface area contributed by atoms with Gasteiger partial charge in [0.1, 0.15) is 12.6 Å². The van der Waals surface area contributed by atoms with Gasteiger partial charge in [0.25, 0.3) is 5.91 Å². The fourth-order valence-electron chi connectivity index (χ4n) is 2.75. The standard InChI is InChI=1S/C16H17NO3/c18-15(13-9-5-2-6-10-13)17-14(11-20-16(17)19)12-7-3-1-4-8-12/h1,3-4,7-9,14H,2,5-6,10-11H2/t14-/m0/s1. The molecule has 1 aromatic rings. The van der Waals surface area contributed by atoms with Crippen molar-refractivity contribution in [1.29, 1.82) is 0 Å². The molecule has 4 heteroatoms. The molecule has 2 aliphatic rings. The van der Waals surface area contributed by atoms with Crippen molar-refractivity contribution in [3.05, 3.63) is 47.5 Å². The monoisotopic (exact) mass is 271 g/mol. The van der Waals surface area contributed by atoms with Crippen molar-refractivity contribution in [1.82, 2.24) is 4.90 Å². The summed E-state index contributed by atoms with van der Waals surface area (Å²) >= 11 is 0. The second-order valence-corrected chi connectivity index (χ2v) is 5.15. The molecule has 0 saturated carbocycles. The smallest absolute Gasteiger partial charge is 0.417 e. The maximum atomic E-state index is 12.6. The zero-order chi connectivity index (χ0) is 13.9. The predicted molar refractivity (Wildman–Crippen MR) is 73.9 cm³/mol. The first kappa shape index (κ1) is 12.9. The van der Waals surface area contributed by atoms with E-state index in [1.54, 1.807) is 0 Å². The predicted octanol–water partition coefficient (Wildman–Crippen LogP) is 3.21. The van der Waals surface area contributed by atoms with E-state index in [1.165, 1.54) is 4.90 Å². The summed E-state index contributed by atoms with van der Waals surface area (Å²) in [5, 5.41) is 0. The Kier molecular flexibility index (Phi) is 3.54. The quantitative estimate of drug-likeness (QED) is 0.829. The number of nitrogens with zero attached hydrogens (tertiary/aromatic N) is 1. The molecule has 104 valence electrons. The number of carbonyl (C=O) groups excluding carboxylic acids is 2. The maximum Gasteiger partial charge on any atom is 0.417 e. The number of cyclic esters (lactones) is 1. The van der Waals surface area contributed by atoms with Crippen molar-refractivity contribution < 1.29 is 14.3 Å². The molecule has 0 N–H and O–H groups in total. The van der Waals surface area contributed by atoms with E-state index in [-0.39, 0.29) is 18.6 Å². The Labute approximate surface area is 118 Å². The summed E-state index contributed by atoms with van der Waals surface area (Å²) in [6.07, 6.45) is 5.22. The highest BCUT2D eigenvalue weighted by molar-refractivity contribution is 6.03. The highest BCUT2D eigenvalue weighted by Crippen LogP contribution is 2.31. The van der Waals surface area contributed by atoms with Gasteiger partial charge in [0.15, 0.2) is 0 Å². The van der Waals surface area contributed by atoms with E-state index in [0.29, 0.717) is 0 Å². The molecule has 0 unspecified atom stereocenters. The van der Waals surface area contributed by atoms with E-state index in [9.17, 15) is 9.59 Å². The second-order valence-electron chi connectivity index (χ2n) is 5.15. The van der Waals surface area contributed by atoms with Crippen LogP contribution >= 0.6 is 0 Å². The van der Waals surface area contributed by atoms with Gasteiger partial charge >= 0.3 is 6.09 Å². The number of hydrogen-bond donors (Lipinski definition) is 0. The fourth-order valence-corrected chi connectivity index (χ4v) is 2.75. The van der Waals surface area contributed by atoms with E-state index in [4.69, 9.17) is 4.74 Å². The molecular formula is C16H17NO3. The van der Waals surface area contributed by atoms with Gasteiger partial charge in [-0.15, -0.1) is 0 Å². The lowest BCUT2D eigenvalue weighted by Crippen LogP contribution is -2.35. The Balaban J connectivity index is 1.87. The Morgan fingerprint density at radius 3 is 2.70 bits per heavy atom. The zero-order valence-electron chi connectivity index (χ0n) is 11.2. The van der Waals surface area contributed by atoms with Gasteiger partial charge in [0, 0.05) is 5.57 Å². The number of imide groups is 1. The molecule has 20 heavy (non-hydrogen) atoms. The first-order valence-corrected chi connectivity index (χ1v) is 7.01. The van der Waals surface area contributed by atoms with Crippen molar-refractivity contribution in [2.45, 2.75) is 31.7 Å². The molecule has 4 nitrogen and oxygen atoms in total. The number of carbonyl (C=O) groups is 2. The van der Waals surface area contributed by atoms with Crippen LogP contribution in [0.5, 0.6) is 0 Å². The lowest BCUT2D eigenvalue weighted by Gasteiger charge is -2.22. The van der Waals surface area contributed by atoms with Crippen molar-refractivity contribution in [2.24, 2.45) is 0 Å². The third kappa shape index (κ3) is 2.33. The molecule has 2 amide bonds. The van der Waals surface area contributed by atoms with Crippen LogP contribution in [0.15, 0.2) is 42.0 Å². The van der Waals surface area contributed by atoms with Crippen LogP contribution in [-0.4, -0.2) is 23.5 Å². The topological polar surface area (TPSA) is 46.6 Å². The van der Waals surface area contributed by atoms with E-state index in [1.807, 2.05) is 36.4 Å². The minimum absolute atomic E-state index is 0.193. The third-order valence-corrected chi connectivity index (χ3v) is 3.84. The molecule has 1 aliphatic carbocycles. The van der Waals surface area contributed by atoms with E-state index in [0.717, 1.165) is 36.8 Å². The van der Waals surface area contributed by atoms with E-state index < -0.39 is 6.09 Å². The van der Waals surface area contributed by atoms with Gasteiger partial charge in [-0.3, -0.25) is 4.79 Å². The normalized spacial score (nSPS) is 22.4. The third-order valence-electron chi connectivity index (χ3n) is 3.84. The molecule has 1 saturated heterocycles. The average molecular weight is 271 g/mol. The highest BCUT2D eigenvalue weighted by atomic mass is 16.6. The summed E-state index contributed by atoms with van der Waals surface area (Å²) in [6.45, 7) is 0.238. The lowest BCUT2D eigenvalue weighted by atomic mass is 9.97. The minimum Gasteiger partial charge on any atom is -0.446 e. The van der Waals surface area contributed by atoms with Gasteiger partial charge in [-0.25, -0.2) is 9.69 Å². The van der Waals surface area contributed by atoms with Crippen LogP contribution in [-0.2, 0) is 9.53 Å². The van der Waals surface area contributed by atoms with Crippen LogP contribution < -0.4 is 0 Å². The number of benzene rings is 1. The summed E-state index contributed by atoms with van der Waals surface area (Å²) in [7, 11) is 0. The molecule has 0 aromatic heterocycles. The maximum absolute atomic E-state index is 12.6. The second kappa shape index (κ2) is 5.49. The minimum atomic E-state index is -0.532. The van der Waals surface area contributed by atoms with Gasteiger partial charge in [-0.05, 0) is 31.2 Å². The molecule has 1 atom stereocenters. The highest BCUT2D eigenvalue weighted by Gasteiger charge is 2.39. The summed E-state index contributed by atoms with van der Waals surface area (Å²) in [4.78, 5) is 25.7. The lowest BCUT2D eigenvalue weighted by molar-refractivity contribution is -0.125. The number of hydrogen-bond acceptors (Lipinski definition) is 3. The van der Waals surface area contributed by atoms with Gasteiger partial charge in [0.05, 0.1) is 0 Å². The van der Waals surface area contributed by atoms with Crippen molar-refractivity contribution >= 4 is 12.0 Å². The van der Waals surface area contributed by atoms with Crippen LogP contribution in [0.4, 0.5) is 4.79 Å². The average Bonchev–Trinajstić information content (AvgIpc) is 2.90. The van der Waals surface area contributed by atoms with Crippen LogP contribution in [0.2, 0.25) is 0 Å². The molecule has 1 aromatic carbocycles.